The fraction of sp³-hybridized carbons (Fsp3) is 0.471. The van der Waals surface area contributed by atoms with Gasteiger partial charge in [-0.3, -0.25) is 0 Å². The van der Waals surface area contributed by atoms with E-state index in [1.165, 1.54) is 14.2 Å². The Morgan fingerprint density at radius 3 is 2.38 bits per heavy atom. The van der Waals surface area contributed by atoms with Crippen LogP contribution in [0.3, 0.4) is 0 Å². The highest BCUT2D eigenvalue weighted by atomic mass is 16.6. The van der Waals surface area contributed by atoms with E-state index in [1.807, 2.05) is 20.8 Å². The zero-order valence-corrected chi connectivity index (χ0v) is 14.7. The van der Waals surface area contributed by atoms with E-state index in [4.69, 9.17) is 18.7 Å². The molecule has 1 atom stereocenters. The molecular weight excluding hydrogens is 312 g/mol. The molecule has 1 aromatic carbocycles. The van der Waals surface area contributed by atoms with Crippen molar-refractivity contribution in [2.75, 3.05) is 14.2 Å². The van der Waals surface area contributed by atoms with Crippen molar-refractivity contribution in [3.63, 3.8) is 0 Å². The van der Waals surface area contributed by atoms with Crippen molar-refractivity contribution in [3.05, 3.63) is 35.5 Å². The summed E-state index contributed by atoms with van der Waals surface area (Å²) in [5, 5.41) is 3.92. The van der Waals surface area contributed by atoms with Crippen LogP contribution in [0.5, 0.6) is 11.5 Å². The zero-order chi connectivity index (χ0) is 17.9. The first-order valence-corrected chi connectivity index (χ1v) is 7.53. The Morgan fingerprint density at radius 1 is 1.17 bits per heavy atom. The van der Waals surface area contributed by atoms with Crippen LogP contribution in [0, 0.1) is 0 Å². The molecule has 2 rings (SSSR count). The van der Waals surface area contributed by atoms with Crippen LogP contribution in [0.4, 0.5) is 0 Å². The van der Waals surface area contributed by atoms with Gasteiger partial charge in [-0.2, -0.15) is 4.98 Å². The van der Waals surface area contributed by atoms with Gasteiger partial charge in [0, 0.05) is 5.41 Å². The maximum Gasteiger partial charge on any atom is 0.339 e. The minimum Gasteiger partial charge on any atom is -0.493 e. The Morgan fingerprint density at radius 2 is 1.83 bits per heavy atom. The summed E-state index contributed by atoms with van der Waals surface area (Å²) >= 11 is 0. The average Bonchev–Trinajstić information content (AvgIpc) is 3.04. The van der Waals surface area contributed by atoms with E-state index in [0.29, 0.717) is 22.9 Å². The highest BCUT2D eigenvalue weighted by molar-refractivity contribution is 5.90. The molecule has 0 aliphatic heterocycles. The normalized spacial score (nSPS) is 12.6. The van der Waals surface area contributed by atoms with Crippen molar-refractivity contribution in [2.24, 2.45) is 0 Å². The number of aromatic nitrogens is 2. The number of carbonyl (C=O) groups is 1. The van der Waals surface area contributed by atoms with Gasteiger partial charge in [-0.1, -0.05) is 25.9 Å². The summed E-state index contributed by atoms with van der Waals surface area (Å²) in [6.07, 6.45) is -0.658. The maximum atomic E-state index is 12.3. The molecule has 7 nitrogen and oxygen atoms in total. The summed E-state index contributed by atoms with van der Waals surface area (Å²) in [6, 6.07) is 4.80. The quantitative estimate of drug-likeness (QED) is 0.776. The van der Waals surface area contributed by atoms with Crippen LogP contribution in [0.25, 0.3) is 0 Å². The Kier molecular flexibility index (Phi) is 5.11. The fourth-order valence-corrected chi connectivity index (χ4v) is 1.95. The number of benzene rings is 1. The van der Waals surface area contributed by atoms with Crippen LogP contribution in [0.2, 0.25) is 0 Å². The number of hydrogen-bond donors (Lipinski definition) is 0. The lowest BCUT2D eigenvalue weighted by molar-refractivity contribution is 0.0265. The second-order valence-corrected chi connectivity index (χ2v) is 6.32. The van der Waals surface area contributed by atoms with Crippen molar-refractivity contribution in [1.82, 2.24) is 10.1 Å². The summed E-state index contributed by atoms with van der Waals surface area (Å²) < 4.78 is 20.9. The number of ether oxygens (including phenoxy) is 3. The molecule has 0 spiro atoms. The summed E-state index contributed by atoms with van der Waals surface area (Å²) in [4.78, 5) is 16.6. The predicted octanol–water partition coefficient (Wildman–Crippen LogP) is 3.30. The Hall–Kier alpha value is -2.57. The number of carbonyl (C=O) groups excluding carboxylic acids is 1. The van der Waals surface area contributed by atoms with Gasteiger partial charge in [0.25, 0.3) is 5.89 Å². The molecule has 1 heterocycles. The van der Waals surface area contributed by atoms with Gasteiger partial charge >= 0.3 is 5.97 Å². The molecule has 0 unspecified atom stereocenters. The molecule has 0 N–H and O–H groups in total. The smallest absolute Gasteiger partial charge is 0.339 e. The molecule has 0 aliphatic rings. The third-order valence-corrected chi connectivity index (χ3v) is 3.36. The molecule has 24 heavy (non-hydrogen) atoms. The standard InChI is InChI=1S/C17H22N2O5/c1-10(14-18-16(19-24-14)17(2,3)4)23-15(20)11-7-8-12(21-5)13(9-11)22-6/h7-10H,1-6H3/t10-/m0/s1. The third-order valence-electron chi connectivity index (χ3n) is 3.36. The van der Waals surface area contributed by atoms with Crippen molar-refractivity contribution in [2.45, 2.75) is 39.2 Å². The Balaban J connectivity index is 2.13. The second kappa shape index (κ2) is 6.90. The Labute approximate surface area is 140 Å². The average molecular weight is 334 g/mol. The van der Waals surface area contributed by atoms with Crippen LogP contribution in [0.1, 0.15) is 55.9 Å². The van der Waals surface area contributed by atoms with Gasteiger partial charge in [0.15, 0.2) is 23.4 Å². The fourth-order valence-electron chi connectivity index (χ4n) is 1.95. The van der Waals surface area contributed by atoms with E-state index in [2.05, 4.69) is 10.1 Å². The molecule has 1 aromatic heterocycles. The van der Waals surface area contributed by atoms with Gasteiger partial charge in [0.05, 0.1) is 19.8 Å². The molecular formula is C17H22N2O5. The summed E-state index contributed by atoms with van der Waals surface area (Å²) in [5.41, 5.74) is 0.101. The minimum absolute atomic E-state index is 0.241. The van der Waals surface area contributed by atoms with Gasteiger partial charge in [-0.25, -0.2) is 4.79 Å². The molecule has 0 radical (unpaired) electrons. The van der Waals surface area contributed by atoms with E-state index in [0.717, 1.165) is 0 Å². The highest BCUT2D eigenvalue weighted by Gasteiger charge is 2.25. The second-order valence-electron chi connectivity index (χ2n) is 6.32. The van der Waals surface area contributed by atoms with Crippen LogP contribution >= 0.6 is 0 Å². The molecule has 0 fully saturated rings. The van der Waals surface area contributed by atoms with E-state index in [-0.39, 0.29) is 11.3 Å². The summed E-state index contributed by atoms with van der Waals surface area (Å²) in [5.74, 6) is 1.29. The van der Waals surface area contributed by atoms with Gasteiger partial charge < -0.3 is 18.7 Å². The number of esters is 1. The number of hydrogen-bond acceptors (Lipinski definition) is 7. The van der Waals surface area contributed by atoms with E-state index < -0.39 is 12.1 Å². The molecule has 0 bridgehead atoms. The monoisotopic (exact) mass is 334 g/mol. The van der Waals surface area contributed by atoms with E-state index in [9.17, 15) is 4.79 Å². The van der Waals surface area contributed by atoms with Crippen molar-refractivity contribution in [3.8, 4) is 11.5 Å². The van der Waals surface area contributed by atoms with Gasteiger partial charge in [-0.05, 0) is 25.1 Å². The number of methoxy groups -OCH3 is 2. The zero-order valence-electron chi connectivity index (χ0n) is 14.7. The lowest BCUT2D eigenvalue weighted by atomic mass is 9.96. The number of nitrogens with zero attached hydrogens (tertiary/aromatic N) is 2. The van der Waals surface area contributed by atoms with E-state index in [1.54, 1.807) is 25.1 Å². The van der Waals surface area contributed by atoms with Gasteiger partial charge in [-0.15, -0.1) is 0 Å². The van der Waals surface area contributed by atoms with Gasteiger partial charge in [0.1, 0.15) is 0 Å². The Bertz CT molecular complexity index is 718. The van der Waals surface area contributed by atoms with Crippen LogP contribution in [-0.4, -0.2) is 30.3 Å². The maximum absolute atomic E-state index is 12.3. The topological polar surface area (TPSA) is 83.7 Å². The minimum atomic E-state index is -0.658. The highest BCUT2D eigenvalue weighted by Crippen LogP contribution is 2.29. The van der Waals surface area contributed by atoms with Crippen molar-refractivity contribution in [1.29, 1.82) is 0 Å². The van der Waals surface area contributed by atoms with Crippen molar-refractivity contribution >= 4 is 5.97 Å². The van der Waals surface area contributed by atoms with Crippen LogP contribution < -0.4 is 9.47 Å². The molecule has 0 aliphatic carbocycles. The molecule has 130 valence electrons. The predicted molar refractivity (Wildman–Crippen MR) is 86.4 cm³/mol. The first-order valence-electron chi connectivity index (χ1n) is 7.53. The first kappa shape index (κ1) is 17.8. The lowest BCUT2D eigenvalue weighted by Crippen LogP contribution is -2.14. The summed E-state index contributed by atoms with van der Waals surface area (Å²) in [6.45, 7) is 7.60. The lowest BCUT2D eigenvalue weighted by Gasteiger charge is -2.12. The molecule has 7 heteroatoms. The van der Waals surface area contributed by atoms with E-state index >= 15 is 0 Å². The van der Waals surface area contributed by atoms with Crippen LogP contribution in [0.15, 0.2) is 22.7 Å². The number of rotatable bonds is 5. The third kappa shape index (κ3) is 3.84. The summed E-state index contributed by atoms with van der Waals surface area (Å²) in [7, 11) is 3.03. The largest absolute Gasteiger partial charge is 0.493 e. The first-order chi connectivity index (χ1) is 11.3. The SMILES string of the molecule is COc1ccc(C(=O)O[C@@H](C)c2nc(C(C)(C)C)no2)cc1OC. The van der Waals surface area contributed by atoms with Gasteiger partial charge in [0.2, 0.25) is 0 Å². The molecule has 0 saturated heterocycles. The van der Waals surface area contributed by atoms with Crippen LogP contribution in [-0.2, 0) is 10.2 Å². The molecule has 0 amide bonds. The van der Waals surface area contributed by atoms with Crippen molar-refractivity contribution < 1.29 is 23.5 Å². The molecule has 2 aromatic rings. The molecule has 0 saturated carbocycles.